The molecule has 1 aliphatic heterocycles. The van der Waals surface area contributed by atoms with Gasteiger partial charge in [-0.1, -0.05) is 0 Å². The van der Waals surface area contributed by atoms with Crippen LogP contribution in [0, 0.1) is 0 Å². The lowest BCUT2D eigenvalue weighted by molar-refractivity contribution is 0.107. The van der Waals surface area contributed by atoms with Crippen molar-refractivity contribution in [1.82, 2.24) is 4.72 Å². The maximum absolute atomic E-state index is 11.8. The van der Waals surface area contributed by atoms with E-state index in [1.807, 2.05) is 0 Å². The molecule has 1 aromatic carbocycles. The van der Waals surface area contributed by atoms with E-state index >= 15 is 0 Å². The zero-order valence-electron chi connectivity index (χ0n) is 10.1. The van der Waals surface area contributed by atoms with E-state index in [1.165, 1.54) is 19.2 Å². The van der Waals surface area contributed by atoms with Gasteiger partial charge in [-0.2, -0.15) is 0 Å². The molecule has 8 heteroatoms. The minimum absolute atomic E-state index is 0.0186. The molecule has 0 radical (unpaired) electrons. The number of benzene rings is 1. The Labute approximate surface area is 115 Å². The highest BCUT2D eigenvalue weighted by Gasteiger charge is 2.24. The SMILES string of the molecule is CNS(=O)(=O)c1cc2c(c(C(=O)Cl)c1)OCCCO2. The summed E-state index contributed by atoms with van der Waals surface area (Å²) in [5.41, 5.74) is -0.0186. The van der Waals surface area contributed by atoms with Gasteiger partial charge in [-0.05, 0) is 24.7 Å². The van der Waals surface area contributed by atoms with Gasteiger partial charge in [0.05, 0.1) is 23.7 Å². The molecular weight excluding hydrogens is 294 g/mol. The summed E-state index contributed by atoms with van der Waals surface area (Å²) in [5.74, 6) is 0.394. The van der Waals surface area contributed by atoms with Crippen LogP contribution >= 0.6 is 11.6 Å². The van der Waals surface area contributed by atoms with Crippen LogP contribution in [0.25, 0.3) is 0 Å². The molecule has 0 spiro atoms. The molecular formula is C11H12ClNO5S. The quantitative estimate of drug-likeness (QED) is 0.847. The third-order valence-electron chi connectivity index (χ3n) is 2.61. The van der Waals surface area contributed by atoms with E-state index in [-0.39, 0.29) is 22.0 Å². The van der Waals surface area contributed by atoms with E-state index in [1.54, 1.807) is 0 Å². The molecule has 0 aromatic heterocycles. The fourth-order valence-electron chi connectivity index (χ4n) is 1.67. The first-order chi connectivity index (χ1) is 8.95. The van der Waals surface area contributed by atoms with E-state index in [2.05, 4.69) is 4.72 Å². The minimum atomic E-state index is -3.70. The summed E-state index contributed by atoms with van der Waals surface area (Å²) < 4.78 is 36.5. The van der Waals surface area contributed by atoms with Crippen molar-refractivity contribution < 1.29 is 22.7 Å². The van der Waals surface area contributed by atoms with E-state index in [0.717, 1.165) is 0 Å². The number of rotatable bonds is 3. The molecule has 0 unspecified atom stereocenters. The lowest BCUT2D eigenvalue weighted by Gasteiger charge is -2.12. The largest absolute Gasteiger partial charge is 0.489 e. The van der Waals surface area contributed by atoms with Crippen molar-refractivity contribution in [3.05, 3.63) is 17.7 Å². The van der Waals surface area contributed by atoms with Gasteiger partial charge in [0.1, 0.15) is 0 Å². The van der Waals surface area contributed by atoms with Gasteiger partial charge >= 0.3 is 0 Å². The second kappa shape index (κ2) is 5.36. The standard InChI is InChI=1S/C11H12ClNO5S/c1-13-19(15,16)7-5-8(11(12)14)10-9(6-7)17-3-2-4-18-10/h5-6,13H,2-4H2,1H3. The zero-order valence-corrected chi connectivity index (χ0v) is 11.7. The predicted molar refractivity (Wildman–Crippen MR) is 68.5 cm³/mol. The molecule has 1 heterocycles. The van der Waals surface area contributed by atoms with Crippen LogP contribution in [0.3, 0.4) is 0 Å². The fourth-order valence-corrected chi connectivity index (χ4v) is 2.58. The molecule has 0 atom stereocenters. The maximum Gasteiger partial charge on any atom is 0.256 e. The lowest BCUT2D eigenvalue weighted by Crippen LogP contribution is -2.19. The Balaban J connectivity index is 2.65. The van der Waals surface area contributed by atoms with Crippen molar-refractivity contribution >= 4 is 26.9 Å². The normalized spacial score (nSPS) is 14.8. The third-order valence-corrected chi connectivity index (χ3v) is 4.21. The second-order valence-corrected chi connectivity index (χ2v) is 6.06. The van der Waals surface area contributed by atoms with Crippen LogP contribution in [0.4, 0.5) is 0 Å². The molecule has 1 aliphatic rings. The number of sulfonamides is 1. The van der Waals surface area contributed by atoms with Crippen molar-refractivity contribution in [3.63, 3.8) is 0 Å². The Hall–Kier alpha value is -1.31. The summed E-state index contributed by atoms with van der Waals surface area (Å²) in [7, 11) is -2.42. The maximum atomic E-state index is 11.8. The van der Waals surface area contributed by atoms with Crippen molar-refractivity contribution in [3.8, 4) is 11.5 Å². The molecule has 19 heavy (non-hydrogen) atoms. The Kier molecular flexibility index (Phi) is 3.98. The van der Waals surface area contributed by atoms with Gasteiger partial charge in [-0.3, -0.25) is 4.79 Å². The van der Waals surface area contributed by atoms with Crippen LogP contribution in [-0.4, -0.2) is 33.9 Å². The van der Waals surface area contributed by atoms with Crippen LogP contribution in [0.5, 0.6) is 11.5 Å². The first kappa shape index (κ1) is 14.1. The van der Waals surface area contributed by atoms with Crippen LogP contribution in [0.1, 0.15) is 16.8 Å². The molecule has 1 N–H and O–H groups in total. The number of ether oxygens (including phenoxy) is 2. The average molecular weight is 306 g/mol. The van der Waals surface area contributed by atoms with E-state index in [4.69, 9.17) is 21.1 Å². The highest BCUT2D eigenvalue weighted by Crippen LogP contribution is 2.36. The monoisotopic (exact) mass is 305 g/mol. The summed E-state index contributed by atoms with van der Waals surface area (Å²) in [6, 6.07) is 2.49. The first-order valence-electron chi connectivity index (χ1n) is 5.52. The Morgan fingerprint density at radius 2 is 2.00 bits per heavy atom. The third kappa shape index (κ3) is 2.83. The molecule has 0 fully saturated rings. The second-order valence-electron chi connectivity index (χ2n) is 3.83. The zero-order chi connectivity index (χ0) is 14.0. The number of hydrogen-bond donors (Lipinski definition) is 1. The number of carbonyl (C=O) groups excluding carboxylic acids is 1. The van der Waals surface area contributed by atoms with Gasteiger partial charge in [0.25, 0.3) is 5.24 Å². The van der Waals surface area contributed by atoms with Crippen molar-refractivity contribution in [2.45, 2.75) is 11.3 Å². The van der Waals surface area contributed by atoms with Gasteiger partial charge in [0.15, 0.2) is 11.5 Å². The molecule has 104 valence electrons. The van der Waals surface area contributed by atoms with E-state index < -0.39 is 15.3 Å². The van der Waals surface area contributed by atoms with E-state index in [9.17, 15) is 13.2 Å². The summed E-state index contributed by atoms with van der Waals surface area (Å²) in [5, 5.41) is -0.796. The van der Waals surface area contributed by atoms with Gasteiger partial charge in [0.2, 0.25) is 10.0 Å². The topological polar surface area (TPSA) is 81.7 Å². The van der Waals surface area contributed by atoms with Crippen LogP contribution in [-0.2, 0) is 10.0 Å². The fraction of sp³-hybridized carbons (Fsp3) is 0.364. The summed E-state index contributed by atoms with van der Waals surface area (Å²) in [6.45, 7) is 0.758. The molecule has 0 saturated carbocycles. The van der Waals surface area contributed by atoms with Gasteiger partial charge in [-0.15, -0.1) is 0 Å². The molecule has 2 rings (SSSR count). The highest BCUT2D eigenvalue weighted by molar-refractivity contribution is 7.89. The van der Waals surface area contributed by atoms with Crippen molar-refractivity contribution in [1.29, 1.82) is 0 Å². The molecule has 0 aliphatic carbocycles. The van der Waals surface area contributed by atoms with Crippen LogP contribution in [0.15, 0.2) is 17.0 Å². The number of hydrogen-bond acceptors (Lipinski definition) is 5. The number of nitrogens with one attached hydrogen (secondary N) is 1. The Morgan fingerprint density at radius 3 is 2.63 bits per heavy atom. The molecule has 6 nitrogen and oxygen atoms in total. The van der Waals surface area contributed by atoms with Crippen LogP contribution < -0.4 is 14.2 Å². The smallest absolute Gasteiger partial charge is 0.256 e. The van der Waals surface area contributed by atoms with Crippen molar-refractivity contribution in [2.75, 3.05) is 20.3 Å². The lowest BCUT2D eigenvalue weighted by atomic mass is 10.2. The van der Waals surface area contributed by atoms with Gasteiger partial charge in [0, 0.05) is 12.5 Å². The number of fused-ring (bicyclic) bond motifs is 1. The van der Waals surface area contributed by atoms with Crippen LogP contribution in [0.2, 0.25) is 0 Å². The molecule has 1 aromatic rings. The molecule has 0 saturated heterocycles. The molecule has 0 amide bonds. The summed E-state index contributed by atoms with van der Waals surface area (Å²) in [6.07, 6.45) is 0.638. The summed E-state index contributed by atoms with van der Waals surface area (Å²) in [4.78, 5) is 11.3. The van der Waals surface area contributed by atoms with Gasteiger partial charge < -0.3 is 9.47 Å². The first-order valence-corrected chi connectivity index (χ1v) is 7.39. The number of carbonyl (C=O) groups is 1. The Morgan fingerprint density at radius 1 is 1.32 bits per heavy atom. The summed E-state index contributed by atoms with van der Waals surface area (Å²) >= 11 is 5.47. The van der Waals surface area contributed by atoms with Gasteiger partial charge in [-0.25, -0.2) is 13.1 Å². The Bertz CT molecular complexity index is 614. The predicted octanol–water partition coefficient (Wildman–Crippen LogP) is 1.14. The minimum Gasteiger partial charge on any atom is -0.489 e. The van der Waals surface area contributed by atoms with E-state index in [0.29, 0.717) is 19.6 Å². The van der Waals surface area contributed by atoms with Crippen molar-refractivity contribution in [2.24, 2.45) is 0 Å². The highest BCUT2D eigenvalue weighted by atomic mass is 35.5. The average Bonchev–Trinajstić information content (AvgIpc) is 2.62. The number of halogens is 1. The molecule has 0 bridgehead atoms.